The predicted octanol–water partition coefficient (Wildman–Crippen LogP) is 4.79. The van der Waals surface area contributed by atoms with Crippen LogP contribution in [0.25, 0.3) is 0 Å². The second-order valence-corrected chi connectivity index (χ2v) is 9.97. The lowest BCUT2D eigenvalue weighted by atomic mass is 10.2. The van der Waals surface area contributed by atoms with Gasteiger partial charge in [-0.1, -0.05) is 72.8 Å². The van der Waals surface area contributed by atoms with Crippen LogP contribution in [0.4, 0.5) is 0 Å². The summed E-state index contributed by atoms with van der Waals surface area (Å²) in [5, 5.41) is 0. The molecule has 0 aliphatic heterocycles. The molecule has 0 aliphatic carbocycles. The molecule has 0 fully saturated rings. The molecule has 0 aromatic heterocycles. The number of sulfonamides is 1. The van der Waals surface area contributed by atoms with E-state index < -0.39 is 16.0 Å². The van der Waals surface area contributed by atoms with Crippen LogP contribution in [0.15, 0.2) is 94.0 Å². The number of aryl methyl sites for hydroxylation is 1. The molecule has 0 atom stereocenters. The van der Waals surface area contributed by atoms with Crippen LogP contribution in [0.1, 0.15) is 11.1 Å². The molecule has 2 rings (SSSR count). The zero-order valence-corrected chi connectivity index (χ0v) is 19.7. The van der Waals surface area contributed by atoms with Gasteiger partial charge in [0.1, 0.15) is 6.61 Å². The van der Waals surface area contributed by atoms with Gasteiger partial charge in [-0.25, -0.2) is 13.2 Å². The summed E-state index contributed by atoms with van der Waals surface area (Å²) in [7, 11) is -3.65. The molecule has 5 nitrogen and oxygen atoms in total. The molecule has 0 radical (unpaired) electrons. The number of nitrogens with zero attached hydrogens (tertiary/aromatic N) is 1. The minimum absolute atomic E-state index is 0.154. The summed E-state index contributed by atoms with van der Waals surface area (Å²) in [6.45, 7) is 6.27. The monoisotopic (exact) mass is 537 g/mol. The van der Waals surface area contributed by atoms with Gasteiger partial charge in [0, 0.05) is 19.2 Å². The number of ether oxygens (including phenoxy) is 1. The highest BCUT2D eigenvalue weighted by Crippen LogP contribution is 2.19. The Hall–Kier alpha value is -2.23. The van der Waals surface area contributed by atoms with Crippen LogP contribution in [0.5, 0.6) is 0 Å². The summed E-state index contributed by atoms with van der Waals surface area (Å²) in [5.74, 6) is -0.465. The summed E-state index contributed by atoms with van der Waals surface area (Å²) in [5.41, 5.74) is 1.90. The highest BCUT2D eigenvalue weighted by Gasteiger charge is 2.23. The Morgan fingerprint density at radius 3 is 2.40 bits per heavy atom. The van der Waals surface area contributed by atoms with E-state index in [1.807, 2.05) is 59.8 Å². The molecule has 0 heterocycles. The molecule has 0 bridgehead atoms. The maximum absolute atomic E-state index is 12.9. The molecule has 2 aromatic carbocycles. The number of hydrogen-bond acceptors (Lipinski definition) is 4. The maximum atomic E-state index is 12.9. The molecule has 0 unspecified atom stereocenters. The molecule has 158 valence electrons. The minimum Gasteiger partial charge on any atom is -0.458 e. The highest BCUT2D eigenvalue weighted by atomic mass is 127. The van der Waals surface area contributed by atoms with Gasteiger partial charge in [-0.05, 0) is 50.8 Å². The van der Waals surface area contributed by atoms with E-state index in [0.29, 0.717) is 3.58 Å². The normalized spacial score (nSPS) is 12.0. The number of benzene rings is 2. The quantitative estimate of drug-likeness (QED) is 0.189. The van der Waals surface area contributed by atoms with Crippen LogP contribution < -0.4 is 0 Å². The van der Waals surface area contributed by atoms with Gasteiger partial charge in [0.2, 0.25) is 10.0 Å². The Labute approximate surface area is 191 Å². The number of carbonyl (C=O) groups is 1. The Balaban J connectivity index is 1.95. The van der Waals surface area contributed by atoms with Gasteiger partial charge >= 0.3 is 5.97 Å². The first kappa shape index (κ1) is 24.0. The summed E-state index contributed by atoms with van der Waals surface area (Å²) < 4.78 is 33.0. The van der Waals surface area contributed by atoms with E-state index in [0.717, 1.165) is 11.1 Å². The first-order chi connectivity index (χ1) is 14.3. The predicted molar refractivity (Wildman–Crippen MR) is 128 cm³/mol. The van der Waals surface area contributed by atoms with E-state index in [9.17, 15) is 13.2 Å². The second-order valence-electron chi connectivity index (χ2n) is 6.51. The van der Waals surface area contributed by atoms with E-state index >= 15 is 0 Å². The largest absolute Gasteiger partial charge is 0.458 e. The summed E-state index contributed by atoms with van der Waals surface area (Å²) in [6, 6.07) is 16.1. The van der Waals surface area contributed by atoms with Crippen LogP contribution in [0.3, 0.4) is 0 Å². The average Bonchev–Trinajstić information content (AvgIpc) is 2.72. The van der Waals surface area contributed by atoms with Crippen molar-refractivity contribution in [3.05, 3.63) is 100 Å². The standard InChI is InChI=1S/C23H24INO4S/c1-19-12-14-22(15-13-19)30(27,28)25(17-20(2)24)16-8-4-7-11-23(26)29-18-21-9-5-3-6-10-21/h3-15H,2,16-18H2,1H3/b8-4+,11-7+. The average molecular weight is 537 g/mol. The molecule has 0 aliphatic rings. The fourth-order valence-electron chi connectivity index (χ4n) is 2.47. The van der Waals surface area contributed by atoms with Crippen LogP contribution in [0.2, 0.25) is 0 Å². The fraction of sp³-hybridized carbons (Fsp3) is 0.174. The van der Waals surface area contributed by atoms with Crippen molar-refractivity contribution in [1.82, 2.24) is 4.31 Å². The molecular weight excluding hydrogens is 513 g/mol. The van der Waals surface area contributed by atoms with Crippen molar-refractivity contribution in [1.29, 1.82) is 0 Å². The summed E-state index contributed by atoms with van der Waals surface area (Å²) >= 11 is 2.01. The summed E-state index contributed by atoms with van der Waals surface area (Å²) in [4.78, 5) is 12.0. The first-order valence-corrected chi connectivity index (χ1v) is 11.7. The van der Waals surface area contributed by atoms with E-state index in [4.69, 9.17) is 4.74 Å². The van der Waals surface area contributed by atoms with Crippen molar-refractivity contribution < 1.29 is 17.9 Å². The Kier molecular flexibility index (Phi) is 9.48. The molecule has 0 N–H and O–H groups in total. The third-order valence-electron chi connectivity index (χ3n) is 4.02. The van der Waals surface area contributed by atoms with Crippen molar-refractivity contribution in [3.63, 3.8) is 0 Å². The Bertz CT molecular complexity index is 1010. The number of hydrogen-bond donors (Lipinski definition) is 0. The van der Waals surface area contributed by atoms with E-state index in [2.05, 4.69) is 6.58 Å². The van der Waals surface area contributed by atoms with Crippen LogP contribution in [-0.2, 0) is 26.2 Å². The molecule has 0 saturated carbocycles. The lowest BCUT2D eigenvalue weighted by molar-refractivity contribution is -0.139. The van der Waals surface area contributed by atoms with Gasteiger partial charge in [0.05, 0.1) is 4.90 Å². The molecule has 0 spiro atoms. The Morgan fingerprint density at radius 1 is 1.10 bits per heavy atom. The lowest BCUT2D eigenvalue weighted by Crippen LogP contribution is -2.32. The van der Waals surface area contributed by atoms with Crippen molar-refractivity contribution in [2.75, 3.05) is 13.1 Å². The van der Waals surface area contributed by atoms with Crippen molar-refractivity contribution >= 4 is 38.6 Å². The third-order valence-corrected chi connectivity index (χ3v) is 6.19. The van der Waals surface area contributed by atoms with Gasteiger partial charge in [0.15, 0.2) is 0 Å². The highest BCUT2D eigenvalue weighted by molar-refractivity contribution is 14.1. The van der Waals surface area contributed by atoms with Gasteiger partial charge in [0.25, 0.3) is 0 Å². The van der Waals surface area contributed by atoms with E-state index in [1.165, 1.54) is 16.5 Å². The molecule has 0 amide bonds. The van der Waals surface area contributed by atoms with Crippen molar-refractivity contribution in [3.8, 4) is 0 Å². The SMILES string of the molecule is C=C(I)CN(C/C=C/C=C/C(=O)OCc1ccccc1)S(=O)(=O)c1ccc(C)cc1. The third kappa shape index (κ3) is 7.89. The van der Waals surface area contributed by atoms with Crippen molar-refractivity contribution in [2.24, 2.45) is 0 Å². The van der Waals surface area contributed by atoms with Crippen molar-refractivity contribution in [2.45, 2.75) is 18.4 Å². The molecule has 7 heteroatoms. The number of halogens is 1. The molecule has 0 saturated heterocycles. The summed E-state index contributed by atoms with van der Waals surface area (Å²) in [6.07, 6.45) is 6.13. The van der Waals surface area contributed by atoms with E-state index in [1.54, 1.807) is 36.4 Å². The maximum Gasteiger partial charge on any atom is 0.331 e. The van der Waals surface area contributed by atoms with Crippen LogP contribution >= 0.6 is 22.6 Å². The minimum atomic E-state index is -3.65. The number of rotatable bonds is 10. The van der Waals surface area contributed by atoms with Crippen LogP contribution in [-0.4, -0.2) is 31.8 Å². The number of allylic oxidation sites excluding steroid dienone is 2. The Morgan fingerprint density at radius 2 is 1.77 bits per heavy atom. The zero-order chi connectivity index (χ0) is 22.0. The number of esters is 1. The molecule has 2 aromatic rings. The van der Waals surface area contributed by atoms with Gasteiger partial charge in [-0.2, -0.15) is 4.31 Å². The van der Waals surface area contributed by atoms with Gasteiger partial charge < -0.3 is 4.74 Å². The smallest absolute Gasteiger partial charge is 0.331 e. The zero-order valence-electron chi connectivity index (χ0n) is 16.7. The van der Waals surface area contributed by atoms with Gasteiger partial charge in [-0.15, -0.1) is 0 Å². The first-order valence-electron chi connectivity index (χ1n) is 9.23. The topological polar surface area (TPSA) is 63.7 Å². The van der Waals surface area contributed by atoms with Crippen LogP contribution in [0, 0.1) is 6.92 Å². The lowest BCUT2D eigenvalue weighted by Gasteiger charge is -2.20. The second kappa shape index (κ2) is 11.8. The number of carbonyl (C=O) groups excluding carboxylic acids is 1. The molecule has 30 heavy (non-hydrogen) atoms. The van der Waals surface area contributed by atoms with Gasteiger partial charge in [-0.3, -0.25) is 0 Å². The fourth-order valence-corrected chi connectivity index (χ4v) is 4.50. The van der Waals surface area contributed by atoms with E-state index in [-0.39, 0.29) is 24.6 Å². The molecular formula is C23H24INO4S.